The van der Waals surface area contributed by atoms with Crippen molar-refractivity contribution in [2.75, 3.05) is 0 Å². The van der Waals surface area contributed by atoms with Gasteiger partial charge in [-0.2, -0.15) is 0 Å². The molecule has 0 aromatic heterocycles. The van der Waals surface area contributed by atoms with E-state index in [-0.39, 0.29) is 5.75 Å². The lowest BCUT2D eigenvalue weighted by Crippen LogP contribution is -2.29. The van der Waals surface area contributed by atoms with Gasteiger partial charge < -0.3 is 14.6 Å². The molecule has 88 valence electrons. The van der Waals surface area contributed by atoms with Gasteiger partial charge in [0.2, 0.25) is 11.5 Å². The van der Waals surface area contributed by atoms with Gasteiger partial charge in [0.25, 0.3) is 0 Å². The van der Waals surface area contributed by atoms with Gasteiger partial charge >= 0.3 is 0 Å². The Bertz CT molecular complexity index is 415. The molecular formula is C12H17O3P. The van der Waals surface area contributed by atoms with E-state index in [0.717, 1.165) is 12.0 Å². The third-order valence-electron chi connectivity index (χ3n) is 2.63. The van der Waals surface area contributed by atoms with Crippen LogP contribution in [0.2, 0.25) is 0 Å². The molecule has 1 aliphatic heterocycles. The molecule has 0 spiro atoms. The molecule has 0 amide bonds. The molecule has 0 aliphatic carbocycles. The van der Waals surface area contributed by atoms with Crippen LogP contribution in [-0.2, 0) is 0 Å². The number of hydrogen-bond donors (Lipinski definition) is 1. The predicted molar refractivity (Wildman–Crippen MR) is 66.2 cm³/mol. The number of ether oxygens (including phenoxy) is 2. The van der Waals surface area contributed by atoms with Crippen molar-refractivity contribution >= 4 is 9.24 Å². The smallest absolute Gasteiger partial charge is 0.246 e. The quantitative estimate of drug-likeness (QED) is 0.806. The molecule has 3 nitrogen and oxygen atoms in total. The van der Waals surface area contributed by atoms with Gasteiger partial charge in [0, 0.05) is 13.8 Å². The van der Waals surface area contributed by atoms with E-state index in [1.165, 1.54) is 0 Å². The number of phenolic OH excluding ortho intramolecular Hbond substituents is 1. The molecule has 2 unspecified atom stereocenters. The predicted octanol–water partition coefficient (Wildman–Crippen LogP) is 3.23. The summed E-state index contributed by atoms with van der Waals surface area (Å²) in [6, 6.07) is 3.68. The van der Waals surface area contributed by atoms with Crippen molar-refractivity contribution in [1.82, 2.24) is 0 Å². The summed E-state index contributed by atoms with van der Waals surface area (Å²) in [7, 11) is 2.76. The van der Waals surface area contributed by atoms with Crippen LogP contribution in [0.15, 0.2) is 12.1 Å². The summed E-state index contributed by atoms with van der Waals surface area (Å²) in [5, 5.41) is 9.87. The zero-order chi connectivity index (χ0) is 11.9. The summed E-state index contributed by atoms with van der Waals surface area (Å²) < 4.78 is 11.1. The van der Waals surface area contributed by atoms with Crippen molar-refractivity contribution < 1.29 is 14.6 Å². The van der Waals surface area contributed by atoms with E-state index < -0.39 is 5.79 Å². The molecule has 0 radical (unpaired) electrons. The molecule has 0 bridgehead atoms. The summed E-state index contributed by atoms with van der Waals surface area (Å²) in [5.74, 6) is 0.531. The van der Waals surface area contributed by atoms with Gasteiger partial charge in [0.15, 0.2) is 11.5 Å². The molecule has 0 saturated carbocycles. The molecule has 1 aliphatic rings. The lowest BCUT2D eigenvalue weighted by molar-refractivity contribution is -0.0439. The Kier molecular flexibility index (Phi) is 2.75. The highest BCUT2D eigenvalue weighted by Gasteiger charge is 2.34. The van der Waals surface area contributed by atoms with Gasteiger partial charge in [0.1, 0.15) is 0 Å². The Balaban J connectivity index is 2.42. The SMILES string of the molecule is CCC(P)c1cc(O)c2c(c1)OC(C)(C)O2. The van der Waals surface area contributed by atoms with Crippen LogP contribution >= 0.6 is 9.24 Å². The first kappa shape index (κ1) is 11.5. The minimum atomic E-state index is -0.693. The first-order chi connectivity index (χ1) is 7.43. The first-order valence-corrected chi connectivity index (χ1v) is 6.10. The minimum absolute atomic E-state index is 0.152. The highest BCUT2D eigenvalue weighted by molar-refractivity contribution is 7.17. The molecule has 16 heavy (non-hydrogen) atoms. The molecule has 1 N–H and O–H groups in total. The van der Waals surface area contributed by atoms with Gasteiger partial charge in [-0.05, 0) is 29.8 Å². The van der Waals surface area contributed by atoms with Crippen LogP contribution in [0, 0.1) is 0 Å². The van der Waals surface area contributed by atoms with Crippen LogP contribution in [0.4, 0.5) is 0 Å². The van der Waals surface area contributed by atoms with Crippen molar-refractivity contribution in [3.8, 4) is 17.2 Å². The maximum absolute atomic E-state index is 9.87. The van der Waals surface area contributed by atoms with Crippen molar-refractivity contribution in [3.63, 3.8) is 0 Å². The summed E-state index contributed by atoms with van der Waals surface area (Å²) in [6.45, 7) is 5.75. The third kappa shape index (κ3) is 1.97. The molecule has 1 heterocycles. The average molecular weight is 240 g/mol. The summed E-state index contributed by atoms with van der Waals surface area (Å²) >= 11 is 0. The summed E-state index contributed by atoms with van der Waals surface area (Å²) in [6.07, 6.45) is 0.993. The van der Waals surface area contributed by atoms with E-state index in [4.69, 9.17) is 9.47 Å². The monoisotopic (exact) mass is 240 g/mol. The van der Waals surface area contributed by atoms with Crippen LogP contribution < -0.4 is 9.47 Å². The van der Waals surface area contributed by atoms with Crippen molar-refractivity contribution in [3.05, 3.63) is 17.7 Å². The normalized spacial score (nSPS) is 18.5. The molecular weight excluding hydrogens is 223 g/mol. The number of benzene rings is 1. The second-order valence-corrected chi connectivity index (χ2v) is 5.29. The Morgan fingerprint density at radius 1 is 1.38 bits per heavy atom. The fourth-order valence-corrected chi connectivity index (χ4v) is 1.96. The third-order valence-corrected chi connectivity index (χ3v) is 3.49. The van der Waals surface area contributed by atoms with Gasteiger partial charge in [-0.1, -0.05) is 6.92 Å². The second-order valence-electron chi connectivity index (χ2n) is 4.49. The fourth-order valence-electron chi connectivity index (χ4n) is 1.77. The summed E-state index contributed by atoms with van der Waals surface area (Å²) in [5.41, 5.74) is 1.37. The standard InChI is InChI=1S/C12H17O3P/c1-4-10(16)7-5-8(13)11-9(6-7)14-12(2,3)15-11/h5-6,10,13H,4,16H2,1-3H3. The van der Waals surface area contributed by atoms with Crippen molar-refractivity contribution in [2.24, 2.45) is 0 Å². The summed E-state index contributed by atoms with van der Waals surface area (Å²) in [4.78, 5) is 0. The minimum Gasteiger partial charge on any atom is -0.504 e. The average Bonchev–Trinajstić information content (AvgIpc) is 2.52. The van der Waals surface area contributed by atoms with Gasteiger partial charge in [0.05, 0.1) is 0 Å². The fraction of sp³-hybridized carbons (Fsp3) is 0.500. The van der Waals surface area contributed by atoms with Gasteiger partial charge in [-0.3, -0.25) is 0 Å². The van der Waals surface area contributed by atoms with Crippen LogP contribution in [0.1, 0.15) is 38.4 Å². The Morgan fingerprint density at radius 3 is 2.69 bits per heavy atom. The van der Waals surface area contributed by atoms with Crippen molar-refractivity contribution in [1.29, 1.82) is 0 Å². The van der Waals surface area contributed by atoms with Crippen LogP contribution in [-0.4, -0.2) is 10.9 Å². The zero-order valence-corrected chi connectivity index (χ0v) is 10.9. The maximum atomic E-state index is 9.87. The first-order valence-electron chi connectivity index (χ1n) is 5.43. The van der Waals surface area contributed by atoms with E-state index in [2.05, 4.69) is 16.2 Å². The molecule has 1 aromatic rings. The van der Waals surface area contributed by atoms with Gasteiger partial charge in [-0.15, -0.1) is 9.24 Å². The molecule has 0 fully saturated rings. The molecule has 4 heteroatoms. The van der Waals surface area contributed by atoms with Crippen LogP contribution in [0.3, 0.4) is 0 Å². The van der Waals surface area contributed by atoms with E-state index >= 15 is 0 Å². The zero-order valence-electron chi connectivity index (χ0n) is 9.78. The number of aromatic hydroxyl groups is 1. The largest absolute Gasteiger partial charge is 0.504 e. The number of fused-ring (bicyclic) bond motifs is 1. The van der Waals surface area contributed by atoms with Crippen molar-refractivity contribution in [2.45, 2.75) is 38.6 Å². The van der Waals surface area contributed by atoms with E-state index in [1.807, 2.05) is 19.9 Å². The second kappa shape index (κ2) is 3.81. The number of phenols is 1. The molecule has 1 aromatic carbocycles. The van der Waals surface area contributed by atoms with E-state index in [0.29, 0.717) is 17.2 Å². The Morgan fingerprint density at radius 2 is 2.06 bits per heavy atom. The molecule has 0 saturated heterocycles. The number of hydrogen-bond acceptors (Lipinski definition) is 3. The maximum Gasteiger partial charge on any atom is 0.246 e. The van der Waals surface area contributed by atoms with E-state index in [1.54, 1.807) is 6.07 Å². The van der Waals surface area contributed by atoms with E-state index in [9.17, 15) is 5.11 Å². The molecule has 2 atom stereocenters. The Labute approximate surface area is 98.0 Å². The topological polar surface area (TPSA) is 38.7 Å². The van der Waals surface area contributed by atoms with Crippen LogP contribution in [0.25, 0.3) is 0 Å². The van der Waals surface area contributed by atoms with Gasteiger partial charge in [-0.25, -0.2) is 0 Å². The molecule has 2 rings (SSSR count). The Hall–Kier alpha value is -0.950. The highest BCUT2D eigenvalue weighted by atomic mass is 31.0. The lowest BCUT2D eigenvalue weighted by Gasteiger charge is -2.16. The van der Waals surface area contributed by atoms with Crippen LogP contribution in [0.5, 0.6) is 17.2 Å². The lowest BCUT2D eigenvalue weighted by atomic mass is 10.1. The highest BCUT2D eigenvalue weighted by Crippen LogP contribution is 2.48. The number of rotatable bonds is 2.